The van der Waals surface area contributed by atoms with Crippen molar-refractivity contribution in [1.82, 2.24) is 4.57 Å². The minimum atomic E-state index is -0.211. The molecule has 0 radical (unpaired) electrons. The number of hydrogen-bond acceptors (Lipinski definition) is 3. The molecule has 80 valence electrons. The van der Waals surface area contributed by atoms with Gasteiger partial charge in [-0.1, -0.05) is 0 Å². The molecule has 1 heterocycles. The summed E-state index contributed by atoms with van der Waals surface area (Å²) in [6.07, 6.45) is 3.75. The van der Waals surface area contributed by atoms with E-state index < -0.39 is 0 Å². The maximum atomic E-state index is 5.44. The zero-order valence-electron chi connectivity index (χ0n) is 8.68. The van der Waals surface area contributed by atoms with Crippen molar-refractivity contribution in [2.75, 3.05) is 27.4 Å². The maximum absolute atomic E-state index is 5.44. The van der Waals surface area contributed by atoms with E-state index in [1.165, 1.54) is 0 Å². The van der Waals surface area contributed by atoms with Crippen LogP contribution in [-0.2, 0) is 20.8 Å². The first-order chi connectivity index (χ1) is 6.86. The van der Waals surface area contributed by atoms with E-state index in [-0.39, 0.29) is 6.29 Å². The molecule has 0 aromatic carbocycles. The van der Waals surface area contributed by atoms with Crippen LogP contribution >= 0.6 is 0 Å². The molecule has 0 fully saturated rings. The van der Waals surface area contributed by atoms with Crippen molar-refractivity contribution in [2.24, 2.45) is 0 Å². The Morgan fingerprint density at radius 3 is 2.43 bits per heavy atom. The molecule has 0 bridgehead atoms. The molecule has 0 aliphatic carbocycles. The van der Waals surface area contributed by atoms with Crippen LogP contribution in [0.3, 0.4) is 0 Å². The highest BCUT2D eigenvalue weighted by atomic mass is 16.7. The third-order valence-electron chi connectivity index (χ3n) is 1.88. The van der Waals surface area contributed by atoms with E-state index in [0.29, 0.717) is 19.8 Å². The monoisotopic (exact) mass is 199 g/mol. The Morgan fingerprint density at radius 2 is 1.86 bits per heavy atom. The van der Waals surface area contributed by atoms with Gasteiger partial charge in [0.1, 0.15) is 0 Å². The third-order valence-corrected chi connectivity index (χ3v) is 1.88. The molecule has 1 aromatic heterocycles. The number of rotatable bonds is 7. The lowest BCUT2D eigenvalue weighted by Crippen LogP contribution is -2.23. The van der Waals surface area contributed by atoms with Crippen LogP contribution in [0.5, 0.6) is 0 Å². The SMILES string of the molecule is COCCOC(Cn1cccc1)OC. The fourth-order valence-electron chi connectivity index (χ4n) is 1.12. The number of hydrogen-bond donors (Lipinski definition) is 0. The van der Waals surface area contributed by atoms with Crippen LogP contribution in [-0.4, -0.2) is 38.3 Å². The molecule has 4 nitrogen and oxygen atoms in total. The summed E-state index contributed by atoms with van der Waals surface area (Å²) >= 11 is 0. The van der Waals surface area contributed by atoms with Gasteiger partial charge in [-0.05, 0) is 12.1 Å². The molecule has 0 spiro atoms. The Bertz CT molecular complexity index is 223. The topological polar surface area (TPSA) is 32.6 Å². The van der Waals surface area contributed by atoms with Crippen LogP contribution < -0.4 is 0 Å². The average Bonchev–Trinajstić information content (AvgIpc) is 2.69. The van der Waals surface area contributed by atoms with E-state index in [1.54, 1.807) is 14.2 Å². The summed E-state index contributed by atoms with van der Waals surface area (Å²) in [5, 5.41) is 0. The molecule has 1 unspecified atom stereocenters. The molecule has 0 amide bonds. The molecule has 0 N–H and O–H groups in total. The largest absolute Gasteiger partial charge is 0.382 e. The van der Waals surface area contributed by atoms with Gasteiger partial charge in [0.15, 0.2) is 6.29 Å². The van der Waals surface area contributed by atoms with Gasteiger partial charge in [-0.15, -0.1) is 0 Å². The molecule has 0 aliphatic heterocycles. The number of methoxy groups -OCH3 is 2. The minimum absolute atomic E-state index is 0.211. The summed E-state index contributed by atoms with van der Waals surface area (Å²) in [6, 6.07) is 3.95. The molecular formula is C10H17NO3. The Kier molecular flexibility index (Phi) is 5.29. The first-order valence-corrected chi connectivity index (χ1v) is 4.61. The van der Waals surface area contributed by atoms with Crippen molar-refractivity contribution in [2.45, 2.75) is 12.8 Å². The Balaban J connectivity index is 2.24. The summed E-state index contributed by atoms with van der Waals surface area (Å²) in [4.78, 5) is 0. The summed E-state index contributed by atoms with van der Waals surface area (Å²) in [6.45, 7) is 1.84. The smallest absolute Gasteiger partial charge is 0.175 e. The van der Waals surface area contributed by atoms with Crippen molar-refractivity contribution in [3.63, 3.8) is 0 Å². The summed E-state index contributed by atoms with van der Waals surface area (Å²) < 4.78 is 17.5. The van der Waals surface area contributed by atoms with Gasteiger partial charge < -0.3 is 18.8 Å². The quantitative estimate of drug-likeness (QED) is 0.487. The highest BCUT2D eigenvalue weighted by molar-refractivity contribution is 4.90. The minimum Gasteiger partial charge on any atom is -0.382 e. The molecule has 4 heteroatoms. The molecule has 0 saturated carbocycles. The number of nitrogens with zero attached hydrogens (tertiary/aromatic N) is 1. The standard InChI is InChI=1S/C10H17NO3/c1-12-7-8-14-10(13-2)9-11-5-3-4-6-11/h3-6,10H,7-9H2,1-2H3. The Labute approximate surface area is 84.4 Å². The molecule has 1 atom stereocenters. The van der Waals surface area contributed by atoms with Gasteiger partial charge in [-0.25, -0.2) is 0 Å². The fourth-order valence-corrected chi connectivity index (χ4v) is 1.12. The average molecular weight is 199 g/mol. The second-order valence-corrected chi connectivity index (χ2v) is 2.91. The van der Waals surface area contributed by atoms with Crippen molar-refractivity contribution >= 4 is 0 Å². The van der Waals surface area contributed by atoms with Crippen LogP contribution in [0, 0.1) is 0 Å². The van der Waals surface area contributed by atoms with E-state index in [2.05, 4.69) is 0 Å². The Hall–Kier alpha value is -0.840. The second kappa shape index (κ2) is 6.59. The maximum Gasteiger partial charge on any atom is 0.175 e. The van der Waals surface area contributed by atoms with Gasteiger partial charge in [-0.3, -0.25) is 0 Å². The second-order valence-electron chi connectivity index (χ2n) is 2.91. The predicted octanol–water partition coefficient (Wildman–Crippen LogP) is 1.12. The normalized spacial score (nSPS) is 13.0. The summed E-state index contributed by atoms with van der Waals surface area (Å²) in [7, 11) is 3.29. The lowest BCUT2D eigenvalue weighted by Gasteiger charge is -2.16. The molecule has 1 rings (SSSR count). The Morgan fingerprint density at radius 1 is 1.14 bits per heavy atom. The number of ether oxygens (including phenoxy) is 3. The lowest BCUT2D eigenvalue weighted by atomic mass is 10.6. The zero-order valence-corrected chi connectivity index (χ0v) is 8.68. The van der Waals surface area contributed by atoms with Crippen molar-refractivity contribution in [1.29, 1.82) is 0 Å². The van der Waals surface area contributed by atoms with Gasteiger partial charge in [0.25, 0.3) is 0 Å². The van der Waals surface area contributed by atoms with Gasteiger partial charge in [0, 0.05) is 26.6 Å². The van der Waals surface area contributed by atoms with E-state index in [9.17, 15) is 0 Å². The van der Waals surface area contributed by atoms with Gasteiger partial charge in [0.2, 0.25) is 0 Å². The molecular weight excluding hydrogens is 182 g/mol. The fraction of sp³-hybridized carbons (Fsp3) is 0.600. The van der Waals surface area contributed by atoms with Crippen molar-refractivity contribution < 1.29 is 14.2 Å². The molecule has 0 saturated heterocycles. The lowest BCUT2D eigenvalue weighted by molar-refractivity contribution is -0.139. The van der Waals surface area contributed by atoms with Crippen LogP contribution in [0.2, 0.25) is 0 Å². The molecule has 1 aromatic rings. The first kappa shape index (κ1) is 11.2. The van der Waals surface area contributed by atoms with E-state index >= 15 is 0 Å². The van der Waals surface area contributed by atoms with Crippen LogP contribution in [0.15, 0.2) is 24.5 Å². The highest BCUT2D eigenvalue weighted by Gasteiger charge is 2.06. The highest BCUT2D eigenvalue weighted by Crippen LogP contribution is 1.99. The van der Waals surface area contributed by atoms with E-state index in [0.717, 1.165) is 0 Å². The van der Waals surface area contributed by atoms with E-state index in [4.69, 9.17) is 14.2 Å². The van der Waals surface area contributed by atoms with Gasteiger partial charge in [0.05, 0.1) is 19.8 Å². The molecule has 14 heavy (non-hydrogen) atoms. The zero-order chi connectivity index (χ0) is 10.2. The first-order valence-electron chi connectivity index (χ1n) is 4.61. The number of aromatic nitrogens is 1. The van der Waals surface area contributed by atoms with Crippen LogP contribution in [0.4, 0.5) is 0 Å². The third kappa shape index (κ3) is 3.91. The van der Waals surface area contributed by atoms with Gasteiger partial charge in [-0.2, -0.15) is 0 Å². The molecule has 0 aliphatic rings. The van der Waals surface area contributed by atoms with Crippen LogP contribution in [0.25, 0.3) is 0 Å². The van der Waals surface area contributed by atoms with Gasteiger partial charge >= 0.3 is 0 Å². The van der Waals surface area contributed by atoms with Crippen molar-refractivity contribution in [3.05, 3.63) is 24.5 Å². The van der Waals surface area contributed by atoms with Crippen LogP contribution in [0.1, 0.15) is 0 Å². The van der Waals surface area contributed by atoms with E-state index in [1.807, 2.05) is 29.1 Å². The summed E-state index contributed by atoms with van der Waals surface area (Å²) in [5.74, 6) is 0. The predicted molar refractivity (Wildman–Crippen MR) is 53.1 cm³/mol. The summed E-state index contributed by atoms with van der Waals surface area (Å²) in [5.41, 5.74) is 0. The van der Waals surface area contributed by atoms with Crippen molar-refractivity contribution in [3.8, 4) is 0 Å².